The lowest BCUT2D eigenvalue weighted by Crippen LogP contribution is -2.00. The number of anilines is 1. The first-order valence-corrected chi connectivity index (χ1v) is 4.59. The Morgan fingerprint density at radius 1 is 1.46 bits per heavy atom. The molecule has 0 spiro atoms. The second-order valence-corrected chi connectivity index (χ2v) is 3.30. The third kappa shape index (κ3) is 2.31. The van der Waals surface area contributed by atoms with E-state index < -0.39 is 0 Å². The van der Waals surface area contributed by atoms with Crippen LogP contribution in [-0.2, 0) is 6.42 Å². The van der Waals surface area contributed by atoms with E-state index in [9.17, 15) is 0 Å². The van der Waals surface area contributed by atoms with E-state index in [1.165, 1.54) is 5.56 Å². The third-order valence-corrected chi connectivity index (χ3v) is 2.06. The second kappa shape index (κ2) is 4.08. The number of aryl methyl sites for hydroxylation is 1. The molecule has 0 heterocycles. The molecule has 0 amide bonds. The second-order valence-electron chi connectivity index (χ2n) is 3.30. The average molecular weight is 176 g/mol. The molecule has 0 saturated carbocycles. The van der Waals surface area contributed by atoms with Crippen molar-refractivity contribution >= 4 is 11.4 Å². The van der Waals surface area contributed by atoms with Crippen LogP contribution in [-0.4, -0.2) is 5.71 Å². The Balaban J connectivity index is 3.04. The van der Waals surface area contributed by atoms with Crippen LogP contribution >= 0.6 is 0 Å². The van der Waals surface area contributed by atoms with E-state index in [1.54, 1.807) is 6.92 Å². The maximum Gasteiger partial charge on any atom is 0.0405 e. The molecule has 3 N–H and O–H groups in total. The number of hydrogen-bond acceptors (Lipinski definition) is 2. The normalized spacial score (nSPS) is 10.0. The summed E-state index contributed by atoms with van der Waals surface area (Å²) in [6.45, 7) is 3.91. The van der Waals surface area contributed by atoms with Gasteiger partial charge in [-0.25, -0.2) is 0 Å². The van der Waals surface area contributed by atoms with Crippen molar-refractivity contribution in [3.05, 3.63) is 29.3 Å². The van der Waals surface area contributed by atoms with Crippen molar-refractivity contribution in [1.82, 2.24) is 0 Å². The van der Waals surface area contributed by atoms with Gasteiger partial charge in [-0.3, -0.25) is 0 Å². The van der Waals surface area contributed by atoms with Gasteiger partial charge in [-0.2, -0.15) is 0 Å². The van der Waals surface area contributed by atoms with Crippen LogP contribution < -0.4 is 5.73 Å². The number of nitrogen functional groups attached to an aromatic ring is 1. The highest BCUT2D eigenvalue weighted by molar-refractivity contribution is 6.01. The van der Waals surface area contributed by atoms with Crippen LogP contribution in [0.3, 0.4) is 0 Å². The van der Waals surface area contributed by atoms with Crippen molar-refractivity contribution in [2.45, 2.75) is 26.7 Å². The van der Waals surface area contributed by atoms with Gasteiger partial charge in [0.2, 0.25) is 0 Å². The fourth-order valence-electron chi connectivity index (χ4n) is 1.37. The molecule has 0 fully saturated rings. The predicted molar refractivity (Wildman–Crippen MR) is 57.4 cm³/mol. The van der Waals surface area contributed by atoms with Crippen molar-refractivity contribution in [3.8, 4) is 0 Å². The lowest BCUT2D eigenvalue weighted by atomic mass is 10.0. The van der Waals surface area contributed by atoms with Gasteiger partial charge in [0, 0.05) is 17.0 Å². The van der Waals surface area contributed by atoms with Crippen LogP contribution in [0.2, 0.25) is 0 Å². The molecule has 13 heavy (non-hydrogen) atoms. The zero-order valence-corrected chi connectivity index (χ0v) is 8.22. The fraction of sp³-hybridized carbons (Fsp3) is 0.364. The summed E-state index contributed by atoms with van der Waals surface area (Å²) in [5.41, 5.74) is 9.11. The molecule has 0 unspecified atom stereocenters. The van der Waals surface area contributed by atoms with Crippen LogP contribution in [0.4, 0.5) is 5.69 Å². The van der Waals surface area contributed by atoms with E-state index >= 15 is 0 Å². The molecule has 0 aliphatic rings. The first-order valence-electron chi connectivity index (χ1n) is 4.59. The van der Waals surface area contributed by atoms with Crippen LogP contribution in [0.15, 0.2) is 18.2 Å². The predicted octanol–water partition coefficient (Wildman–Crippen LogP) is 2.61. The van der Waals surface area contributed by atoms with Crippen molar-refractivity contribution < 1.29 is 0 Å². The molecule has 0 saturated heterocycles. The summed E-state index contributed by atoms with van der Waals surface area (Å²) in [7, 11) is 0. The Morgan fingerprint density at radius 3 is 2.69 bits per heavy atom. The monoisotopic (exact) mass is 176 g/mol. The molecule has 2 heteroatoms. The quantitative estimate of drug-likeness (QED) is 0.539. The van der Waals surface area contributed by atoms with Gasteiger partial charge in [-0.1, -0.05) is 19.4 Å². The summed E-state index contributed by atoms with van der Waals surface area (Å²) in [6, 6.07) is 5.94. The van der Waals surface area contributed by atoms with Gasteiger partial charge in [-0.05, 0) is 31.0 Å². The van der Waals surface area contributed by atoms with E-state index in [0.29, 0.717) is 11.4 Å². The molecule has 0 aliphatic heterocycles. The summed E-state index contributed by atoms with van der Waals surface area (Å²) in [5, 5.41) is 7.53. The highest BCUT2D eigenvalue weighted by Gasteiger charge is 2.02. The highest BCUT2D eigenvalue weighted by atomic mass is 14.6. The van der Waals surface area contributed by atoms with Crippen molar-refractivity contribution in [3.63, 3.8) is 0 Å². The molecule has 0 bridgehead atoms. The van der Waals surface area contributed by atoms with E-state index in [-0.39, 0.29) is 0 Å². The molecular formula is C11H16N2. The zero-order chi connectivity index (χ0) is 9.84. The van der Waals surface area contributed by atoms with Crippen LogP contribution in [0.25, 0.3) is 0 Å². The summed E-state index contributed by atoms with van der Waals surface area (Å²) >= 11 is 0. The lowest BCUT2D eigenvalue weighted by molar-refractivity contribution is 0.922. The number of nitrogens with one attached hydrogen (secondary N) is 1. The minimum Gasteiger partial charge on any atom is -0.398 e. The van der Waals surface area contributed by atoms with Gasteiger partial charge in [0.25, 0.3) is 0 Å². The number of benzene rings is 1. The Labute approximate surface area is 79.3 Å². The van der Waals surface area contributed by atoms with Gasteiger partial charge in [0.1, 0.15) is 0 Å². The Hall–Kier alpha value is -1.31. The molecule has 1 aromatic rings. The van der Waals surface area contributed by atoms with E-state index in [0.717, 1.165) is 18.4 Å². The van der Waals surface area contributed by atoms with E-state index in [4.69, 9.17) is 11.1 Å². The molecule has 70 valence electrons. The van der Waals surface area contributed by atoms with Gasteiger partial charge in [-0.15, -0.1) is 0 Å². The summed E-state index contributed by atoms with van der Waals surface area (Å²) in [6.07, 6.45) is 2.18. The molecule has 0 aromatic heterocycles. The number of rotatable bonds is 3. The standard InChI is InChI=1S/C11H16N2/c1-3-4-9-5-6-11(13)10(7-9)8(2)12/h5-7,12H,3-4,13H2,1-2H3. The van der Waals surface area contributed by atoms with Gasteiger partial charge < -0.3 is 11.1 Å². The van der Waals surface area contributed by atoms with Gasteiger partial charge in [0.05, 0.1) is 0 Å². The summed E-state index contributed by atoms with van der Waals surface area (Å²) in [4.78, 5) is 0. The van der Waals surface area contributed by atoms with Crippen LogP contribution in [0.1, 0.15) is 31.4 Å². The average Bonchev–Trinajstić information content (AvgIpc) is 2.08. The summed E-state index contributed by atoms with van der Waals surface area (Å²) in [5.74, 6) is 0. The Morgan fingerprint density at radius 2 is 2.15 bits per heavy atom. The van der Waals surface area contributed by atoms with Crippen molar-refractivity contribution in [1.29, 1.82) is 5.41 Å². The first-order chi connectivity index (χ1) is 6.15. The summed E-state index contributed by atoms with van der Waals surface area (Å²) < 4.78 is 0. The van der Waals surface area contributed by atoms with Crippen molar-refractivity contribution in [2.24, 2.45) is 0 Å². The smallest absolute Gasteiger partial charge is 0.0405 e. The minimum absolute atomic E-state index is 0.537. The molecule has 0 radical (unpaired) electrons. The fourth-order valence-corrected chi connectivity index (χ4v) is 1.37. The lowest BCUT2D eigenvalue weighted by Gasteiger charge is -2.06. The molecule has 1 rings (SSSR count). The molecule has 2 nitrogen and oxygen atoms in total. The molecular weight excluding hydrogens is 160 g/mol. The van der Waals surface area contributed by atoms with Gasteiger partial charge in [0.15, 0.2) is 0 Å². The topological polar surface area (TPSA) is 49.9 Å². The Kier molecular flexibility index (Phi) is 3.07. The highest BCUT2D eigenvalue weighted by Crippen LogP contribution is 2.15. The minimum atomic E-state index is 0.537. The van der Waals surface area contributed by atoms with Crippen molar-refractivity contribution in [2.75, 3.05) is 5.73 Å². The third-order valence-electron chi connectivity index (χ3n) is 2.06. The number of hydrogen-bond donors (Lipinski definition) is 2. The van der Waals surface area contributed by atoms with Gasteiger partial charge >= 0.3 is 0 Å². The zero-order valence-electron chi connectivity index (χ0n) is 8.22. The first kappa shape index (κ1) is 9.78. The molecule has 0 aliphatic carbocycles. The molecule has 0 atom stereocenters. The van der Waals surface area contributed by atoms with E-state index in [1.807, 2.05) is 18.2 Å². The number of nitrogens with two attached hydrogens (primary N) is 1. The maximum absolute atomic E-state index is 7.53. The van der Waals surface area contributed by atoms with Crippen LogP contribution in [0, 0.1) is 5.41 Å². The van der Waals surface area contributed by atoms with Crippen LogP contribution in [0.5, 0.6) is 0 Å². The SMILES string of the molecule is CCCc1ccc(N)c(C(C)=N)c1. The largest absolute Gasteiger partial charge is 0.398 e. The molecule has 1 aromatic carbocycles. The Bertz CT molecular complexity index is 316. The maximum atomic E-state index is 7.53. The van der Waals surface area contributed by atoms with E-state index in [2.05, 4.69) is 6.92 Å².